The molecule has 1 aromatic carbocycles. The molecule has 11 heteroatoms. The van der Waals surface area contributed by atoms with Crippen LogP contribution in [0.3, 0.4) is 0 Å². The third-order valence-electron chi connectivity index (χ3n) is 7.43. The summed E-state index contributed by atoms with van der Waals surface area (Å²) in [6.45, 7) is 1.66. The number of hydrogen-bond acceptors (Lipinski definition) is 5. The van der Waals surface area contributed by atoms with Crippen LogP contribution in [0.25, 0.3) is 11.0 Å². The summed E-state index contributed by atoms with van der Waals surface area (Å²) in [6.07, 6.45) is 2.82. The van der Waals surface area contributed by atoms with Gasteiger partial charge in [-0.1, -0.05) is 18.6 Å². The molecule has 37 heavy (non-hydrogen) atoms. The normalized spacial score (nSPS) is 20.0. The Morgan fingerprint density at radius 1 is 1.14 bits per heavy atom. The number of carbonyl (C=O) groups excluding carboxylic acids is 3. The highest BCUT2D eigenvalue weighted by atomic mass is 19.3. The number of amides is 3. The number of aromatic nitrogens is 2. The minimum absolute atomic E-state index is 0.0445. The Balaban J connectivity index is 1.31. The first-order chi connectivity index (χ1) is 17.6. The largest absolute Gasteiger partial charge is 0.342 e. The number of rotatable bonds is 9. The maximum absolute atomic E-state index is 13.3. The van der Waals surface area contributed by atoms with Gasteiger partial charge < -0.3 is 9.80 Å². The van der Waals surface area contributed by atoms with Crippen molar-refractivity contribution in [3.63, 3.8) is 0 Å². The Morgan fingerprint density at radius 2 is 1.86 bits per heavy atom. The molecule has 0 saturated carbocycles. The maximum Gasteiger partial charge on any atom is 0.329 e. The average molecular weight is 520 g/mol. The second-order valence-electron chi connectivity index (χ2n) is 10.2. The van der Waals surface area contributed by atoms with Crippen molar-refractivity contribution in [2.45, 2.75) is 69.9 Å². The first-order valence-corrected chi connectivity index (χ1v) is 12.9. The van der Waals surface area contributed by atoms with Gasteiger partial charge in [0, 0.05) is 52.4 Å². The second-order valence-corrected chi connectivity index (χ2v) is 10.2. The number of carbonyl (C=O) groups is 3. The molecular weight excluding hydrogens is 484 g/mol. The number of imide groups is 1. The maximum atomic E-state index is 13.3. The second kappa shape index (κ2) is 11.1. The van der Waals surface area contributed by atoms with Gasteiger partial charge in [-0.15, -0.1) is 0 Å². The zero-order chi connectivity index (χ0) is 26.7. The van der Waals surface area contributed by atoms with Crippen LogP contribution in [0.15, 0.2) is 23.0 Å². The summed E-state index contributed by atoms with van der Waals surface area (Å²) in [7, 11) is 3.68. The molecule has 0 aliphatic carbocycles. The number of imidazole rings is 1. The van der Waals surface area contributed by atoms with Crippen molar-refractivity contribution in [2.24, 2.45) is 7.05 Å². The van der Waals surface area contributed by atoms with Gasteiger partial charge in [0.15, 0.2) is 0 Å². The fraction of sp³-hybridized carbons (Fsp3) is 0.615. The molecule has 3 heterocycles. The van der Waals surface area contributed by atoms with Gasteiger partial charge in [-0.05, 0) is 44.5 Å². The van der Waals surface area contributed by atoms with Gasteiger partial charge in [0.1, 0.15) is 6.04 Å². The summed E-state index contributed by atoms with van der Waals surface area (Å²) < 4.78 is 29.6. The Kier molecular flexibility index (Phi) is 8.11. The van der Waals surface area contributed by atoms with Crippen molar-refractivity contribution >= 4 is 28.8 Å². The fourth-order valence-electron chi connectivity index (χ4n) is 5.32. The van der Waals surface area contributed by atoms with E-state index in [1.807, 2.05) is 25.2 Å². The number of benzene rings is 1. The quantitative estimate of drug-likeness (QED) is 0.406. The minimum atomic E-state index is -2.65. The van der Waals surface area contributed by atoms with Crippen LogP contribution in [0.1, 0.15) is 63.0 Å². The zero-order valence-corrected chi connectivity index (χ0v) is 21.5. The number of unbranched alkanes of at least 4 members (excludes halogenated alkanes) is 2. The van der Waals surface area contributed by atoms with Crippen LogP contribution in [0.2, 0.25) is 0 Å². The summed E-state index contributed by atoms with van der Waals surface area (Å²) in [5.74, 6) is -3.47. The van der Waals surface area contributed by atoms with E-state index in [-0.39, 0.29) is 49.9 Å². The van der Waals surface area contributed by atoms with E-state index in [1.54, 1.807) is 16.5 Å². The number of fused-ring (bicyclic) bond motifs is 1. The number of alkyl halides is 2. The van der Waals surface area contributed by atoms with Gasteiger partial charge in [0.25, 0.3) is 5.92 Å². The molecule has 1 aromatic heterocycles. The molecule has 1 unspecified atom stereocenters. The van der Waals surface area contributed by atoms with Crippen molar-refractivity contribution in [2.75, 3.05) is 26.7 Å². The van der Waals surface area contributed by atoms with Gasteiger partial charge >= 0.3 is 5.69 Å². The predicted octanol–water partition coefficient (Wildman–Crippen LogP) is 2.57. The molecule has 0 spiro atoms. The van der Waals surface area contributed by atoms with Gasteiger partial charge in [-0.25, -0.2) is 13.6 Å². The molecule has 3 amide bonds. The van der Waals surface area contributed by atoms with Crippen molar-refractivity contribution in [3.8, 4) is 0 Å². The lowest BCUT2D eigenvalue weighted by atomic mass is 10.1. The van der Waals surface area contributed by atoms with Crippen LogP contribution >= 0.6 is 0 Å². The first-order valence-electron chi connectivity index (χ1n) is 12.9. The third-order valence-corrected chi connectivity index (χ3v) is 7.43. The third kappa shape index (κ3) is 6.08. The molecule has 2 fully saturated rings. The lowest BCUT2D eigenvalue weighted by Gasteiger charge is -2.31. The number of aryl methyl sites for hydroxylation is 1. The van der Waals surface area contributed by atoms with E-state index in [0.717, 1.165) is 36.9 Å². The van der Waals surface area contributed by atoms with Gasteiger partial charge in [-0.3, -0.25) is 28.8 Å². The standard InChI is InChI=1S/C26H35F2N5O4/c1-30(14-5-3-4-9-22(35)32-15-12-26(27,28)13-16-32)17-18-7-6-8-19-23(18)31(2)25(37)33(19)20-10-11-21(34)29-24(20)36/h6-8,20H,3-5,9-17H2,1-2H3,(H,29,34,36). The number of nitrogens with zero attached hydrogens (tertiary/aromatic N) is 4. The highest BCUT2D eigenvalue weighted by Crippen LogP contribution is 2.28. The predicted molar refractivity (Wildman–Crippen MR) is 134 cm³/mol. The van der Waals surface area contributed by atoms with Gasteiger partial charge in [0.05, 0.1) is 11.0 Å². The van der Waals surface area contributed by atoms with Crippen LogP contribution < -0.4 is 11.0 Å². The Bertz CT molecular complexity index is 1230. The van der Waals surface area contributed by atoms with Crippen molar-refractivity contribution in [1.29, 1.82) is 0 Å². The van der Waals surface area contributed by atoms with E-state index in [4.69, 9.17) is 0 Å². The van der Waals surface area contributed by atoms with Crippen molar-refractivity contribution < 1.29 is 23.2 Å². The van der Waals surface area contributed by atoms with E-state index in [9.17, 15) is 28.0 Å². The smallest absolute Gasteiger partial charge is 0.329 e. The monoisotopic (exact) mass is 519 g/mol. The Morgan fingerprint density at radius 3 is 2.57 bits per heavy atom. The molecule has 9 nitrogen and oxygen atoms in total. The highest BCUT2D eigenvalue weighted by Gasteiger charge is 2.35. The SMILES string of the molecule is CN(CCCCCC(=O)N1CCC(F)(F)CC1)Cc1cccc2c1n(C)c(=O)n2C1CCC(=O)NC1=O. The molecule has 202 valence electrons. The molecule has 0 radical (unpaired) electrons. The van der Waals surface area contributed by atoms with Crippen LogP contribution in [0, 0.1) is 0 Å². The lowest BCUT2D eigenvalue weighted by Crippen LogP contribution is -2.44. The van der Waals surface area contributed by atoms with E-state index < -0.39 is 17.9 Å². The fourth-order valence-corrected chi connectivity index (χ4v) is 5.32. The summed E-state index contributed by atoms with van der Waals surface area (Å²) in [5.41, 5.74) is 2.10. The summed E-state index contributed by atoms with van der Waals surface area (Å²) in [5, 5.41) is 2.33. The molecule has 1 atom stereocenters. The Hall–Kier alpha value is -3.08. The lowest BCUT2D eigenvalue weighted by molar-refractivity contribution is -0.138. The van der Waals surface area contributed by atoms with E-state index in [0.29, 0.717) is 24.9 Å². The van der Waals surface area contributed by atoms with Gasteiger partial charge in [0.2, 0.25) is 17.7 Å². The molecule has 2 saturated heterocycles. The highest BCUT2D eigenvalue weighted by molar-refractivity contribution is 6.00. The zero-order valence-electron chi connectivity index (χ0n) is 21.5. The van der Waals surface area contributed by atoms with Crippen molar-refractivity contribution in [1.82, 2.24) is 24.3 Å². The molecule has 2 aromatic rings. The number of hydrogen-bond donors (Lipinski definition) is 1. The van der Waals surface area contributed by atoms with Crippen LogP contribution in [-0.2, 0) is 28.0 Å². The molecular formula is C26H35F2N5O4. The van der Waals surface area contributed by atoms with E-state index >= 15 is 0 Å². The summed E-state index contributed by atoms with van der Waals surface area (Å²) in [4.78, 5) is 53.1. The van der Waals surface area contributed by atoms with Crippen LogP contribution in [-0.4, -0.2) is 69.3 Å². The molecule has 4 rings (SSSR count). The molecule has 2 aliphatic rings. The summed E-state index contributed by atoms with van der Waals surface area (Å²) >= 11 is 0. The molecule has 1 N–H and O–H groups in total. The topological polar surface area (TPSA) is 96.7 Å². The number of piperidine rings is 2. The van der Waals surface area contributed by atoms with Crippen LogP contribution in [0.4, 0.5) is 8.78 Å². The number of para-hydroxylation sites is 1. The van der Waals surface area contributed by atoms with Crippen molar-refractivity contribution in [3.05, 3.63) is 34.2 Å². The first kappa shape index (κ1) is 27.0. The number of halogens is 2. The summed E-state index contributed by atoms with van der Waals surface area (Å²) in [6, 6.07) is 4.94. The molecule has 2 aliphatic heterocycles. The Labute approximate surface area is 214 Å². The average Bonchev–Trinajstić information content (AvgIpc) is 3.09. The minimum Gasteiger partial charge on any atom is -0.342 e. The van der Waals surface area contributed by atoms with E-state index in [1.165, 1.54) is 4.57 Å². The van der Waals surface area contributed by atoms with Crippen LogP contribution in [0.5, 0.6) is 0 Å². The number of nitrogens with one attached hydrogen (secondary N) is 1. The molecule has 0 bridgehead atoms. The number of likely N-dealkylation sites (tertiary alicyclic amines) is 1. The van der Waals surface area contributed by atoms with Gasteiger partial charge in [-0.2, -0.15) is 0 Å². The van der Waals surface area contributed by atoms with E-state index in [2.05, 4.69) is 10.2 Å².